The van der Waals surface area contributed by atoms with Crippen molar-refractivity contribution in [1.29, 1.82) is 0 Å². The first-order valence-electron chi connectivity index (χ1n) is 10.3. The summed E-state index contributed by atoms with van der Waals surface area (Å²) in [5.41, 5.74) is 2.93. The summed E-state index contributed by atoms with van der Waals surface area (Å²) in [5.74, 6) is 0.642. The second kappa shape index (κ2) is 9.34. The van der Waals surface area contributed by atoms with E-state index in [1.54, 1.807) is 24.1 Å². The number of piperazine rings is 1. The third kappa shape index (κ3) is 4.38. The minimum atomic E-state index is 0.00217. The molecule has 1 amide bonds. The lowest BCUT2D eigenvalue weighted by Gasteiger charge is -2.41. The average Bonchev–Trinajstić information content (AvgIpc) is 3.08. The van der Waals surface area contributed by atoms with Crippen molar-refractivity contribution in [1.82, 2.24) is 24.6 Å². The van der Waals surface area contributed by atoms with E-state index in [4.69, 9.17) is 27.9 Å². The molecular weight excluding hydrogens is 451 g/mol. The molecule has 32 heavy (non-hydrogen) atoms. The van der Waals surface area contributed by atoms with Crippen LogP contribution in [0.15, 0.2) is 36.8 Å². The van der Waals surface area contributed by atoms with E-state index < -0.39 is 0 Å². The molecule has 1 aromatic carbocycles. The highest BCUT2D eigenvalue weighted by Gasteiger charge is 2.29. The number of carbonyl (C=O) groups excluding carboxylic acids is 1. The van der Waals surface area contributed by atoms with Crippen LogP contribution in [0.4, 0.5) is 5.69 Å². The maximum Gasteiger partial charge on any atom is 0.244 e. The highest BCUT2D eigenvalue weighted by molar-refractivity contribution is 6.33. The molecule has 1 atom stereocenters. The fourth-order valence-electron chi connectivity index (χ4n) is 3.90. The minimum Gasteiger partial charge on any atom is -0.495 e. The van der Waals surface area contributed by atoms with E-state index in [1.807, 2.05) is 36.9 Å². The summed E-state index contributed by atoms with van der Waals surface area (Å²) in [6, 6.07) is 7.50. The summed E-state index contributed by atoms with van der Waals surface area (Å²) in [5, 5.41) is 5.61. The van der Waals surface area contributed by atoms with Crippen LogP contribution in [0.3, 0.4) is 0 Å². The van der Waals surface area contributed by atoms with Gasteiger partial charge in [-0.25, -0.2) is 9.97 Å². The maximum absolute atomic E-state index is 13.1. The molecule has 0 radical (unpaired) electrons. The van der Waals surface area contributed by atoms with Crippen molar-refractivity contribution in [2.24, 2.45) is 0 Å². The normalized spacial score (nSPS) is 16.3. The van der Waals surface area contributed by atoms with Gasteiger partial charge in [-0.05, 0) is 32.0 Å². The van der Waals surface area contributed by atoms with Gasteiger partial charge < -0.3 is 14.5 Å². The van der Waals surface area contributed by atoms with Crippen LogP contribution in [0.5, 0.6) is 5.75 Å². The molecule has 10 heteroatoms. The predicted molar refractivity (Wildman–Crippen MR) is 124 cm³/mol. The summed E-state index contributed by atoms with van der Waals surface area (Å²) in [7, 11) is 1.60. The number of halogens is 2. The van der Waals surface area contributed by atoms with E-state index in [-0.39, 0.29) is 18.5 Å². The molecule has 0 bridgehead atoms. The topological polar surface area (TPSA) is 76.4 Å². The van der Waals surface area contributed by atoms with Crippen LogP contribution in [0.25, 0.3) is 11.4 Å². The molecule has 0 spiro atoms. The Morgan fingerprint density at radius 1 is 1.25 bits per heavy atom. The molecule has 2 aromatic heterocycles. The molecule has 3 aromatic rings. The molecule has 8 nitrogen and oxygen atoms in total. The van der Waals surface area contributed by atoms with Crippen LogP contribution in [-0.4, -0.2) is 63.3 Å². The highest BCUT2D eigenvalue weighted by atomic mass is 35.5. The third-order valence-corrected chi connectivity index (χ3v) is 6.46. The van der Waals surface area contributed by atoms with Crippen molar-refractivity contribution in [3.8, 4) is 17.1 Å². The number of nitrogens with zero attached hydrogens (tertiary/aromatic N) is 6. The number of rotatable bonds is 5. The highest BCUT2D eigenvalue weighted by Crippen LogP contribution is 2.31. The zero-order chi connectivity index (χ0) is 22.8. The second-order valence-corrected chi connectivity index (χ2v) is 8.49. The Bertz CT molecular complexity index is 1120. The number of amides is 1. The Kier molecular flexibility index (Phi) is 6.53. The Hall–Kier alpha value is -2.84. The lowest BCUT2D eigenvalue weighted by molar-refractivity contribution is -0.134. The molecule has 4 rings (SSSR count). The van der Waals surface area contributed by atoms with Crippen molar-refractivity contribution in [2.45, 2.75) is 26.4 Å². The van der Waals surface area contributed by atoms with Crippen molar-refractivity contribution in [3.63, 3.8) is 0 Å². The number of benzene rings is 1. The van der Waals surface area contributed by atoms with Gasteiger partial charge in [-0.2, -0.15) is 5.10 Å². The molecule has 3 heterocycles. The van der Waals surface area contributed by atoms with Gasteiger partial charge in [0, 0.05) is 43.6 Å². The van der Waals surface area contributed by atoms with E-state index in [9.17, 15) is 4.79 Å². The zero-order valence-corrected chi connectivity index (χ0v) is 19.6. The number of methoxy groups -OCH3 is 1. The van der Waals surface area contributed by atoms with E-state index >= 15 is 0 Å². The number of aromatic nitrogens is 4. The summed E-state index contributed by atoms with van der Waals surface area (Å²) in [6.07, 6.45) is 3.08. The van der Waals surface area contributed by atoms with Crippen molar-refractivity contribution in [3.05, 3.63) is 52.5 Å². The fraction of sp³-hybridized carbons (Fsp3) is 0.364. The standard InChI is InChI=1S/C22H24Cl2N6O2/c1-14-11-28(16-4-5-17(23)19(10-16)32-3)8-9-29(14)20(31)12-30-15(2)21(24)22(27-30)18-6-7-25-13-26-18/h4-7,10,13-14H,8-9,11-12H2,1-3H3/t14-/m0/s1. The number of hydrogen-bond acceptors (Lipinski definition) is 6. The average molecular weight is 475 g/mol. The lowest BCUT2D eigenvalue weighted by atomic mass is 10.1. The first kappa shape index (κ1) is 22.4. The van der Waals surface area contributed by atoms with Gasteiger partial charge >= 0.3 is 0 Å². The van der Waals surface area contributed by atoms with Crippen LogP contribution in [0, 0.1) is 6.92 Å². The van der Waals surface area contributed by atoms with Crippen LogP contribution < -0.4 is 9.64 Å². The monoisotopic (exact) mass is 474 g/mol. The molecular formula is C22H24Cl2N6O2. The lowest BCUT2D eigenvalue weighted by Crippen LogP contribution is -2.54. The molecule has 0 saturated carbocycles. The first-order chi connectivity index (χ1) is 15.4. The van der Waals surface area contributed by atoms with E-state index in [2.05, 4.69) is 20.0 Å². The number of anilines is 1. The van der Waals surface area contributed by atoms with Crippen molar-refractivity contribution in [2.75, 3.05) is 31.6 Å². The molecule has 0 aliphatic carbocycles. The van der Waals surface area contributed by atoms with Crippen molar-refractivity contribution >= 4 is 34.8 Å². The van der Waals surface area contributed by atoms with Gasteiger partial charge in [0.2, 0.25) is 5.91 Å². The van der Waals surface area contributed by atoms with Gasteiger partial charge in [-0.3, -0.25) is 9.48 Å². The van der Waals surface area contributed by atoms with E-state index in [0.717, 1.165) is 11.4 Å². The van der Waals surface area contributed by atoms with Crippen LogP contribution in [0.2, 0.25) is 10.0 Å². The molecule has 168 valence electrons. The molecule has 1 saturated heterocycles. The first-order valence-corrected chi connectivity index (χ1v) is 11.0. The molecule has 1 aliphatic heterocycles. The second-order valence-electron chi connectivity index (χ2n) is 7.70. The van der Waals surface area contributed by atoms with Gasteiger partial charge in [0.05, 0.1) is 28.5 Å². The van der Waals surface area contributed by atoms with Gasteiger partial charge in [0.25, 0.3) is 0 Å². The summed E-state index contributed by atoms with van der Waals surface area (Å²) in [6.45, 7) is 6.05. The Morgan fingerprint density at radius 3 is 2.75 bits per heavy atom. The summed E-state index contributed by atoms with van der Waals surface area (Å²) in [4.78, 5) is 25.4. The van der Waals surface area contributed by atoms with E-state index in [0.29, 0.717) is 46.8 Å². The van der Waals surface area contributed by atoms with Crippen LogP contribution in [-0.2, 0) is 11.3 Å². The molecule has 1 fully saturated rings. The Morgan fingerprint density at radius 2 is 2.06 bits per heavy atom. The smallest absolute Gasteiger partial charge is 0.244 e. The van der Waals surface area contributed by atoms with Gasteiger partial charge in [0.15, 0.2) is 0 Å². The molecule has 1 aliphatic rings. The zero-order valence-electron chi connectivity index (χ0n) is 18.1. The van der Waals surface area contributed by atoms with E-state index in [1.165, 1.54) is 6.33 Å². The minimum absolute atomic E-state index is 0.00217. The number of ether oxygens (including phenoxy) is 1. The Balaban J connectivity index is 1.45. The molecule has 0 N–H and O–H groups in total. The Labute approximate surface area is 196 Å². The van der Waals surface area contributed by atoms with Gasteiger partial charge in [-0.1, -0.05) is 23.2 Å². The molecule has 0 unspecified atom stereocenters. The third-order valence-electron chi connectivity index (χ3n) is 5.69. The summed E-state index contributed by atoms with van der Waals surface area (Å²) < 4.78 is 6.98. The van der Waals surface area contributed by atoms with Crippen LogP contribution >= 0.6 is 23.2 Å². The SMILES string of the molecule is COc1cc(N2CCN(C(=O)Cn3nc(-c4ccncn4)c(Cl)c3C)[C@@H](C)C2)ccc1Cl. The van der Waals surface area contributed by atoms with Crippen LogP contribution in [0.1, 0.15) is 12.6 Å². The maximum atomic E-state index is 13.1. The van der Waals surface area contributed by atoms with Crippen molar-refractivity contribution < 1.29 is 9.53 Å². The fourth-order valence-corrected chi connectivity index (χ4v) is 4.33. The predicted octanol–water partition coefficient (Wildman–Crippen LogP) is 3.70. The van der Waals surface area contributed by atoms with Gasteiger partial charge in [0.1, 0.15) is 24.3 Å². The summed E-state index contributed by atoms with van der Waals surface area (Å²) >= 11 is 12.6. The largest absolute Gasteiger partial charge is 0.495 e. The number of carbonyl (C=O) groups is 1. The van der Waals surface area contributed by atoms with Gasteiger partial charge in [-0.15, -0.1) is 0 Å². The quantitative estimate of drug-likeness (QED) is 0.560. The number of hydrogen-bond donors (Lipinski definition) is 0.